The molecule has 0 saturated carbocycles. The number of hydrogen-bond acceptors (Lipinski definition) is 13. The number of carbonyl (C=O) groups excluding carboxylic acids is 4. The van der Waals surface area contributed by atoms with Crippen molar-refractivity contribution in [2.24, 2.45) is 11.1 Å². The summed E-state index contributed by atoms with van der Waals surface area (Å²) >= 11 is 6.40. The summed E-state index contributed by atoms with van der Waals surface area (Å²) in [6, 6.07) is 2.79. The zero-order chi connectivity index (χ0) is 33.0. The van der Waals surface area contributed by atoms with Gasteiger partial charge in [-0.3, -0.25) is 29.1 Å². The van der Waals surface area contributed by atoms with E-state index in [0.717, 1.165) is 11.3 Å². The first-order chi connectivity index (χ1) is 20.5. The number of β-lactam (4-membered cyclic amide) rings is 1. The topological polar surface area (TPSA) is 237 Å². The standard InChI is InChI=1S/C24H27ClN6O11S2.Na.H/c1-12(2)19-18(21(34)30(19)44(38,39)40)28-20(33)17(15-11-43-23(26-15)27-16(32)9-25)29-42-24(3,4)22(35)41-10-13-5-7-14(8-6-13)31(36)37;;/h5-8,11-12,18-19H,9-10H2,1-4H3,(H,28,33)(H,26,27,32)(H,38,39,40);;/b29-17-;;. The van der Waals surface area contributed by atoms with Gasteiger partial charge in [-0.05, 0) is 37.5 Å². The van der Waals surface area contributed by atoms with E-state index in [2.05, 4.69) is 20.8 Å². The molecule has 1 aromatic carbocycles. The molecular formula is C24H28ClN6NaO11S2. The van der Waals surface area contributed by atoms with Crippen LogP contribution < -0.4 is 10.6 Å². The van der Waals surface area contributed by atoms with Crippen molar-refractivity contribution in [2.75, 3.05) is 11.2 Å². The van der Waals surface area contributed by atoms with Gasteiger partial charge in [-0.1, -0.05) is 19.0 Å². The number of nitrogens with zero attached hydrogens (tertiary/aromatic N) is 4. The van der Waals surface area contributed by atoms with Crippen molar-refractivity contribution in [1.29, 1.82) is 0 Å². The number of nitrogens with one attached hydrogen (secondary N) is 2. The van der Waals surface area contributed by atoms with Crippen LogP contribution in [0, 0.1) is 16.0 Å². The van der Waals surface area contributed by atoms with E-state index in [1.54, 1.807) is 13.8 Å². The second kappa shape index (κ2) is 15.4. The van der Waals surface area contributed by atoms with Crippen LogP contribution in [-0.2, 0) is 45.7 Å². The van der Waals surface area contributed by atoms with Gasteiger partial charge in [0.05, 0.1) is 11.0 Å². The number of halogens is 1. The third-order valence-electron chi connectivity index (χ3n) is 6.02. The Labute approximate surface area is 288 Å². The number of carbonyl (C=O) groups is 4. The van der Waals surface area contributed by atoms with Crippen LogP contribution >= 0.6 is 22.9 Å². The number of benzene rings is 1. The van der Waals surface area contributed by atoms with Crippen LogP contribution in [0.3, 0.4) is 0 Å². The van der Waals surface area contributed by atoms with Gasteiger partial charge in [0.1, 0.15) is 24.2 Å². The van der Waals surface area contributed by atoms with Crippen LogP contribution in [0.15, 0.2) is 34.8 Å². The molecule has 0 spiro atoms. The van der Waals surface area contributed by atoms with E-state index >= 15 is 0 Å². The number of ether oxygens (including phenoxy) is 1. The Kier molecular flexibility index (Phi) is 13.0. The fourth-order valence-corrected chi connectivity index (χ4v) is 5.59. The van der Waals surface area contributed by atoms with E-state index in [0.29, 0.717) is 5.56 Å². The number of non-ortho nitro benzene ring substituents is 1. The summed E-state index contributed by atoms with van der Waals surface area (Å²) in [6.07, 6.45) is 0. The van der Waals surface area contributed by atoms with Crippen molar-refractivity contribution >= 4 is 103 Å². The average Bonchev–Trinajstić information content (AvgIpc) is 3.39. The Morgan fingerprint density at radius 3 is 2.42 bits per heavy atom. The van der Waals surface area contributed by atoms with Gasteiger partial charge in [-0.2, -0.15) is 8.42 Å². The second-order valence-electron chi connectivity index (χ2n) is 10.1. The number of rotatable bonds is 13. The third kappa shape index (κ3) is 9.41. The summed E-state index contributed by atoms with van der Waals surface area (Å²) in [6.45, 7) is 5.45. The quantitative estimate of drug-likeness (QED) is 0.0388. The van der Waals surface area contributed by atoms with E-state index in [1.165, 1.54) is 43.5 Å². The van der Waals surface area contributed by atoms with Crippen molar-refractivity contribution in [3.63, 3.8) is 0 Å². The van der Waals surface area contributed by atoms with Crippen LogP contribution in [0.25, 0.3) is 0 Å². The van der Waals surface area contributed by atoms with Crippen LogP contribution in [0.5, 0.6) is 0 Å². The molecule has 45 heavy (non-hydrogen) atoms. The summed E-state index contributed by atoms with van der Waals surface area (Å²) in [4.78, 5) is 70.1. The molecule has 0 radical (unpaired) electrons. The van der Waals surface area contributed by atoms with Crippen LogP contribution in [0.2, 0.25) is 0 Å². The molecule has 2 aromatic rings. The van der Waals surface area contributed by atoms with Gasteiger partial charge in [0.2, 0.25) is 11.5 Å². The minimum atomic E-state index is -4.90. The summed E-state index contributed by atoms with van der Waals surface area (Å²) < 4.78 is 38.3. The first-order valence-electron chi connectivity index (χ1n) is 12.6. The van der Waals surface area contributed by atoms with Gasteiger partial charge in [0.15, 0.2) is 10.8 Å². The SMILES string of the molecule is CC(C)C1C(NC(=O)/C(=N\OC(C)(C)C(=O)OCc2ccc([N+](=O)[O-])cc2)c2csc(NC(=O)CCl)n2)C(=O)N1S(=O)(=O)O.[NaH]. The number of aromatic nitrogens is 1. The molecule has 2 atom stereocenters. The normalized spacial score (nSPS) is 16.7. The van der Waals surface area contributed by atoms with E-state index in [-0.39, 0.29) is 62.9 Å². The van der Waals surface area contributed by atoms with Gasteiger partial charge in [-0.15, -0.1) is 22.9 Å². The number of nitro groups is 1. The summed E-state index contributed by atoms with van der Waals surface area (Å²) in [5.74, 6) is -4.56. The molecule has 3 N–H and O–H groups in total. The fourth-order valence-electron chi connectivity index (χ4n) is 3.79. The predicted octanol–water partition coefficient (Wildman–Crippen LogP) is 0.977. The van der Waals surface area contributed by atoms with E-state index in [1.807, 2.05) is 0 Å². The number of nitro benzene ring substituents is 1. The Balaban J connectivity index is 0.00000705. The number of hydrogen-bond donors (Lipinski definition) is 3. The number of thiazole rings is 1. The molecule has 0 aliphatic carbocycles. The van der Waals surface area contributed by atoms with Crippen LogP contribution in [0.4, 0.5) is 10.8 Å². The molecule has 21 heteroatoms. The van der Waals surface area contributed by atoms with E-state index < -0.39 is 68.2 Å². The Morgan fingerprint density at radius 2 is 1.89 bits per heavy atom. The molecule has 2 heterocycles. The molecule has 1 aromatic heterocycles. The molecule has 1 aliphatic heterocycles. The van der Waals surface area contributed by atoms with Crippen LogP contribution in [-0.4, -0.2) is 110 Å². The Hall–Kier alpha value is -3.20. The number of anilines is 1. The number of alkyl halides is 1. The Morgan fingerprint density at radius 1 is 1.27 bits per heavy atom. The molecule has 240 valence electrons. The molecule has 3 rings (SSSR count). The Bertz CT molecular complexity index is 1600. The van der Waals surface area contributed by atoms with Gasteiger partial charge in [0.25, 0.3) is 17.5 Å². The molecular weight excluding hydrogens is 671 g/mol. The van der Waals surface area contributed by atoms with E-state index in [9.17, 15) is 42.3 Å². The van der Waals surface area contributed by atoms with Crippen molar-refractivity contribution in [3.8, 4) is 0 Å². The van der Waals surface area contributed by atoms with Crippen molar-refractivity contribution < 1.29 is 46.6 Å². The average molecular weight is 699 g/mol. The number of amides is 3. The first kappa shape index (κ1) is 38.0. The number of oxime groups is 1. The molecule has 1 fully saturated rings. The molecule has 3 amide bonds. The van der Waals surface area contributed by atoms with Gasteiger partial charge >= 0.3 is 45.8 Å². The van der Waals surface area contributed by atoms with Crippen LogP contribution in [0.1, 0.15) is 39.0 Å². The molecule has 0 bridgehead atoms. The maximum absolute atomic E-state index is 13.4. The molecule has 2 unspecified atom stereocenters. The fraction of sp³-hybridized carbons (Fsp3) is 0.417. The molecule has 17 nitrogen and oxygen atoms in total. The van der Waals surface area contributed by atoms with Gasteiger partial charge in [0, 0.05) is 17.5 Å². The zero-order valence-corrected chi connectivity index (χ0v) is 25.9. The summed E-state index contributed by atoms with van der Waals surface area (Å²) in [5.41, 5.74) is -2.20. The predicted molar refractivity (Wildman–Crippen MR) is 162 cm³/mol. The van der Waals surface area contributed by atoms with Crippen molar-refractivity contribution in [3.05, 3.63) is 51.0 Å². The monoisotopic (exact) mass is 698 g/mol. The first-order valence-corrected chi connectivity index (χ1v) is 15.4. The number of esters is 1. The maximum atomic E-state index is 13.4. The molecule has 1 saturated heterocycles. The van der Waals surface area contributed by atoms with Gasteiger partial charge in [-0.25, -0.2) is 14.1 Å². The zero-order valence-electron chi connectivity index (χ0n) is 23.5. The van der Waals surface area contributed by atoms with E-state index in [4.69, 9.17) is 21.2 Å². The summed E-state index contributed by atoms with van der Waals surface area (Å²) in [7, 11) is -4.90. The van der Waals surface area contributed by atoms with Crippen molar-refractivity contribution in [1.82, 2.24) is 14.6 Å². The summed E-state index contributed by atoms with van der Waals surface area (Å²) in [5, 5.41) is 20.7. The molecule has 1 aliphatic rings. The van der Waals surface area contributed by atoms with Gasteiger partial charge < -0.3 is 20.2 Å². The van der Waals surface area contributed by atoms with Crippen molar-refractivity contribution in [2.45, 2.75) is 52.0 Å². The second-order valence-corrected chi connectivity index (χ2v) is 12.5. The third-order valence-corrected chi connectivity index (χ3v) is 7.94. The minimum absolute atomic E-state index is 0.